The Bertz CT molecular complexity index is 457. The monoisotopic (exact) mass is 199 g/mol. The van der Waals surface area contributed by atoms with E-state index in [1.54, 1.807) is 5.38 Å². The van der Waals surface area contributed by atoms with E-state index in [1.807, 2.05) is 0 Å². The van der Waals surface area contributed by atoms with E-state index in [0.717, 1.165) is 4.68 Å². The Morgan fingerprint density at radius 3 is 3.15 bits per heavy atom. The number of methoxy groups -OCH3 is 1. The van der Waals surface area contributed by atoms with Crippen molar-refractivity contribution in [1.29, 1.82) is 0 Å². The molecule has 0 spiro atoms. The van der Waals surface area contributed by atoms with Crippen LogP contribution in [0.25, 0.3) is 5.69 Å². The molecule has 0 saturated heterocycles. The number of ether oxygens (including phenoxy) is 1. The Labute approximate surface area is 76.1 Å². The van der Waals surface area contributed by atoms with Crippen molar-refractivity contribution in [3.8, 4) is 11.6 Å². The Morgan fingerprint density at radius 2 is 2.54 bits per heavy atom. The molecule has 0 atom stereocenters. The van der Waals surface area contributed by atoms with Crippen LogP contribution in [0, 0.1) is 0 Å². The summed E-state index contributed by atoms with van der Waals surface area (Å²) < 4.78 is 9.92. The third-order valence-corrected chi connectivity index (χ3v) is 2.01. The normalized spacial score (nSPS) is 10.2. The van der Waals surface area contributed by atoms with Crippen molar-refractivity contribution in [1.82, 2.24) is 24.6 Å². The predicted molar refractivity (Wildman–Crippen MR) is 44.2 cm³/mol. The number of aromatic amines is 1. The zero-order valence-corrected chi connectivity index (χ0v) is 7.41. The zero-order chi connectivity index (χ0) is 9.26. The van der Waals surface area contributed by atoms with Gasteiger partial charge in [0.1, 0.15) is 5.69 Å². The van der Waals surface area contributed by atoms with Gasteiger partial charge in [0.25, 0.3) is 5.88 Å². The number of aromatic nitrogens is 5. The summed E-state index contributed by atoms with van der Waals surface area (Å²) in [5.74, 6) is 0.362. The van der Waals surface area contributed by atoms with Gasteiger partial charge in [0.15, 0.2) is 0 Å². The average Bonchev–Trinajstić information content (AvgIpc) is 2.71. The summed E-state index contributed by atoms with van der Waals surface area (Å²) in [6.45, 7) is 0. The van der Waals surface area contributed by atoms with E-state index in [-0.39, 0.29) is 0 Å². The van der Waals surface area contributed by atoms with Gasteiger partial charge in [-0.2, -0.15) is 9.06 Å². The number of rotatable bonds is 2. The quantitative estimate of drug-likeness (QED) is 0.699. The molecule has 0 aliphatic heterocycles. The van der Waals surface area contributed by atoms with Gasteiger partial charge in [0, 0.05) is 5.38 Å². The highest BCUT2D eigenvalue weighted by atomic mass is 32.1. The standard InChI is InChI=1S/C5H5N5O2S/c1-12-4-3(2-13-7-4)10-5(11)6-8-9-10/h2H,1H3,(H,6,9,11). The molecular formula is C5H5N5O2S. The van der Waals surface area contributed by atoms with Crippen molar-refractivity contribution in [3.05, 3.63) is 15.9 Å². The molecule has 0 aliphatic rings. The Hall–Kier alpha value is -1.70. The van der Waals surface area contributed by atoms with Crippen LogP contribution in [0.4, 0.5) is 0 Å². The molecule has 2 aromatic rings. The van der Waals surface area contributed by atoms with E-state index in [1.165, 1.54) is 18.6 Å². The molecule has 0 amide bonds. The van der Waals surface area contributed by atoms with Crippen LogP contribution in [-0.2, 0) is 0 Å². The molecule has 2 rings (SSSR count). The highest BCUT2D eigenvalue weighted by Gasteiger charge is 2.11. The van der Waals surface area contributed by atoms with Crippen LogP contribution in [0.1, 0.15) is 0 Å². The number of hydrogen-bond donors (Lipinski definition) is 1. The van der Waals surface area contributed by atoms with Gasteiger partial charge in [0.2, 0.25) is 0 Å². The molecule has 0 aromatic carbocycles. The lowest BCUT2D eigenvalue weighted by Gasteiger charge is -1.96. The van der Waals surface area contributed by atoms with Crippen molar-refractivity contribution in [3.63, 3.8) is 0 Å². The molecule has 8 heteroatoms. The van der Waals surface area contributed by atoms with E-state index >= 15 is 0 Å². The Kier molecular flexibility index (Phi) is 1.81. The number of hydrogen-bond acceptors (Lipinski definition) is 6. The largest absolute Gasteiger partial charge is 0.479 e. The summed E-state index contributed by atoms with van der Waals surface area (Å²) >= 11 is 1.18. The molecule has 1 N–H and O–H groups in total. The third kappa shape index (κ3) is 1.20. The highest BCUT2D eigenvalue weighted by Crippen LogP contribution is 2.20. The van der Waals surface area contributed by atoms with Crippen LogP contribution in [-0.4, -0.2) is 31.7 Å². The average molecular weight is 199 g/mol. The fraction of sp³-hybridized carbons (Fsp3) is 0.200. The smallest absolute Gasteiger partial charge is 0.366 e. The lowest BCUT2D eigenvalue weighted by atomic mass is 10.6. The number of H-pyrrole nitrogens is 1. The molecule has 2 aromatic heterocycles. The maximum Gasteiger partial charge on any atom is 0.366 e. The molecule has 7 nitrogen and oxygen atoms in total. The van der Waals surface area contributed by atoms with Crippen molar-refractivity contribution in [2.45, 2.75) is 0 Å². The van der Waals surface area contributed by atoms with E-state index in [2.05, 4.69) is 19.9 Å². The molecule has 0 fully saturated rings. The van der Waals surface area contributed by atoms with Crippen LogP contribution in [0.5, 0.6) is 5.88 Å². The molecule has 0 aliphatic carbocycles. The van der Waals surface area contributed by atoms with E-state index < -0.39 is 5.69 Å². The van der Waals surface area contributed by atoms with Gasteiger partial charge in [-0.3, -0.25) is 0 Å². The van der Waals surface area contributed by atoms with Crippen LogP contribution in [0.2, 0.25) is 0 Å². The van der Waals surface area contributed by atoms with Crippen LogP contribution in [0.3, 0.4) is 0 Å². The first kappa shape index (κ1) is 7.92. The second-order valence-electron chi connectivity index (χ2n) is 2.13. The van der Waals surface area contributed by atoms with Gasteiger partial charge in [-0.25, -0.2) is 9.89 Å². The van der Waals surface area contributed by atoms with Gasteiger partial charge in [-0.1, -0.05) is 0 Å². The molecule has 0 saturated carbocycles. The maximum absolute atomic E-state index is 11.1. The van der Waals surface area contributed by atoms with Crippen molar-refractivity contribution >= 4 is 11.5 Å². The summed E-state index contributed by atoms with van der Waals surface area (Å²) in [5, 5.41) is 10.7. The van der Waals surface area contributed by atoms with Gasteiger partial charge < -0.3 is 4.74 Å². The summed E-state index contributed by atoms with van der Waals surface area (Å²) in [6.07, 6.45) is 0. The van der Waals surface area contributed by atoms with Crippen molar-refractivity contribution < 1.29 is 4.74 Å². The fourth-order valence-electron chi connectivity index (χ4n) is 0.859. The second-order valence-corrected chi connectivity index (χ2v) is 2.76. The Balaban J connectivity index is 2.58. The van der Waals surface area contributed by atoms with Crippen molar-refractivity contribution in [2.24, 2.45) is 0 Å². The van der Waals surface area contributed by atoms with Crippen LogP contribution in [0.15, 0.2) is 10.2 Å². The SMILES string of the molecule is COc1nscc1-n1nn[nH]c1=O. The molecule has 0 radical (unpaired) electrons. The zero-order valence-electron chi connectivity index (χ0n) is 6.59. The van der Waals surface area contributed by atoms with Crippen LogP contribution < -0.4 is 10.4 Å². The number of nitrogens with zero attached hydrogens (tertiary/aromatic N) is 4. The predicted octanol–water partition coefficient (Wildman–Crippen LogP) is -0.579. The minimum atomic E-state index is -0.418. The molecular weight excluding hydrogens is 194 g/mol. The summed E-state index contributed by atoms with van der Waals surface area (Å²) in [7, 11) is 1.48. The first-order chi connectivity index (χ1) is 6.33. The topological polar surface area (TPSA) is 85.7 Å². The van der Waals surface area contributed by atoms with Crippen molar-refractivity contribution in [2.75, 3.05) is 7.11 Å². The molecule has 2 heterocycles. The van der Waals surface area contributed by atoms with Gasteiger partial charge in [-0.05, 0) is 22.0 Å². The Morgan fingerprint density at radius 1 is 1.69 bits per heavy atom. The number of tetrazole rings is 1. The second kappa shape index (κ2) is 2.98. The summed E-state index contributed by atoms with van der Waals surface area (Å²) in [4.78, 5) is 11.1. The van der Waals surface area contributed by atoms with Gasteiger partial charge in [-0.15, -0.1) is 0 Å². The van der Waals surface area contributed by atoms with E-state index in [4.69, 9.17) is 4.74 Å². The van der Waals surface area contributed by atoms with E-state index in [0.29, 0.717) is 11.6 Å². The van der Waals surface area contributed by atoms with Crippen LogP contribution >= 0.6 is 11.5 Å². The van der Waals surface area contributed by atoms with Gasteiger partial charge >= 0.3 is 5.69 Å². The molecule has 68 valence electrons. The molecule has 0 unspecified atom stereocenters. The lowest BCUT2D eigenvalue weighted by Crippen LogP contribution is -2.15. The fourth-order valence-corrected chi connectivity index (χ4v) is 1.48. The maximum atomic E-state index is 11.1. The lowest BCUT2D eigenvalue weighted by molar-refractivity contribution is 0.399. The first-order valence-corrected chi connectivity index (χ1v) is 4.15. The third-order valence-electron chi connectivity index (χ3n) is 1.41. The molecule has 13 heavy (non-hydrogen) atoms. The summed E-state index contributed by atoms with van der Waals surface area (Å²) in [5.41, 5.74) is 0.0738. The van der Waals surface area contributed by atoms with E-state index in [9.17, 15) is 4.79 Å². The minimum Gasteiger partial charge on any atom is -0.479 e. The summed E-state index contributed by atoms with van der Waals surface area (Å²) in [6, 6.07) is 0. The van der Waals surface area contributed by atoms with Gasteiger partial charge in [0.05, 0.1) is 7.11 Å². The first-order valence-electron chi connectivity index (χ1n) is 3.32. The highest BCUT2D eigenvalue weighted by molar-refractivity contribution is 7.04. The number of nitrogens with one attached hydrogen (secondary N) is 1. The minimum absolute atomic E-state index is 0.362. The molecule has 0 bridgehead atoms.